The smallest absolute Gasteiger partial charge is 0.289 e. The van der Waals surface area contributed by atoms with Gasteiger partial charge >= 0.3 is 0 Å². The third-order valence-corrected chi connectivity index (χ3v) is 4.93. The molecule has 1 atom stereocenters. The molecule has 4 rings (SSSR count). The number of furan rings is 1. The minimum absolute atomic E-state index is 0.200. The van der Waals surface area contributed by atoms with Gasteiger partial charge in [-0.25, -0.2) is 0 Å². The van der Waals surface area contributed by atoms with Gasteiger partial charge in [-0.1, -0.05) is 24.1 Å². The molecular formula is C21H20N4O3. The fourth-order valence-corrected chi connectivity index (χ4v) is 3.51. The van der Waals surface area contributed by atoms with Crippen molar-refractivity contribution in [3.8, 4) is 12.3 Å². The fourth-order valence-electron chi connectivity index (χ4n) is 3.51. The van der Waals surface area contributed by atoms with E-state index in [9.17, 15) is 9.59 Å². The highest BCUT2D eigenvalue weighted by Crippen LogP contribution is 2.25. The normalized spacial score (nSPS) is 14.4. The number of rotatable bonds is 3. The minimum atomic E-state index is -0.394. The van der Waals surface area contributed by atoms with Crippen molar-refractivity contribution in [2.24, 2.45) is 7.05 Å². The van der Waals surface area contributed by atoms with Crippen molar-refractivity contribution in [3.05, 3.63) is 53.0 Å². The average molecular weight is 376 g/mol. The maximum Gasteiger partial charge on any atom is 0.289 e. The molecule has 2 amide bonds. The molecule has 3 heterocycles. The standard InChI is InChI=1S/C21H20N4O3/c1-4-13(2)22-20(26)19-15-12-25(10-9-16(15)23-24(19)3)21(27)18-11-14-7-5-6-8-17(14)28-18/h1,5-8,11,13H,9-10,12H2,2-3H3,(H,22,26). The van der Waals surface area contributed by atoms with Gasteiger partial charge in [-0.05, 0) is 19.1 Å². The first-order valence-electron chi connectivity index (χ1n) is 9.07. The lowest BCUT2D eigenvalue weighted by Gasteiger charge is -2.26. The van der Waals surface area contributed by atoms with Crippen LogP contribution < -0.4 is 5.32 Å². The first-order valence-corrected chi connectivity index (χ1v) is 9.07. The number of nitrogens with zero attached hydrogens (tertiary/aromatic N) is 3. The van der Waals surface area contributed by atoms with E-state index < -0.39 is 6.04 Å². The van der Waals surface area contributed by atoms with Crippen molar-refractivity contribution in [1.82, 2.24) is 20.0 Å². The van der Waals surface area contributed by atoms with Gasteiger partial charge in [0, 0.05) is 31.0 Å². The number of fused-ring (bicyclic) bond motifs is 2. The van der Waals surface area contributed by atoms with Gasteiger partial charge < -0.3 is 14.6 Å². The van der Waals surface area contributed by atoms with Gasteiger partial charge in [0.2, 0.25) is 0 Å². The van der Waals surface area contributed by atoms with Crippen LogP contribution in [0.15, 0.2) is 34.7 Å². The number of aromatic nitrogens is 2. The number of amides is 2. The van der Waals surface area contributed by atoms with E-state index in [0.29, 0.717) is 36.5 Å². The van der Waals surface area contributed by atoms with Crippen molar-refractivity contribution in [3.63, 3.8) is 0 Å². The Hall–Kier alpha value is -3.53. The first-order chi connectivity index (χ1) is 13.5. The Morgan fingerprint density at radius 3 is 2.89 bits per heavy atom. The maximum atomic E-state index is 13.0. The summed E-state index contributed by atoms with van der Waals surface area (Å²) >= 11 is 0. The third kappa shape index (κ3) is 3.03. The molecule has 0 saturated carbocycles. The van der Waals surface area contributed by atoms with E-state index in [1.54, 1.807) is 29.6 Å². The highest BCUT2D eigenvalue weighted by molar-refractivity contribution is 5.97. The van der Waals surface area contributed by atoms with Crippen LogP contribution in [-0.4, -0.2) is 39.1 Å². The summed E-state index contributed by atoms with van der Waals surface area (Å²) in [5, 5.41) is 8.09. The number of carbonyl (C=O) groups excluding carboxylic acids is 2. The third-order valence-electron chi connectivity index (χ3n) is 4.93. The topological polar surface area (TPSA) is 80.4 Å². The van der Waals surface area contributed by atoms with E-state index in [0.717, 1.165) is 16.6 Å². The average Bonchev–Trinajstić information content (AvgIpc) is 3.26. The van der Waals surface area contributed by atoms with Gasteiger partial charge in [0.1, 0.15) is 11.3 Å². The van der Waals surface area contributed by atoms with Crippen LogP contribution in [-0.2, 0) is 20.0 Å². The lowest BCUT2D eigenvalue weighted by molar-refractivity contribution is 0.0701. The molecule has 1 aromatic carbocycles. The number of terminal acetylenes is 1. The molecule has 3 aromatic rings. The number of benzene rings is 1. The predicted molar refractivity (Wildman–Crippen MR) is 104 cm³/mol. The number of hydrogen-bond acceptors (Lipinski definition) is 4. The second kappa shape index (κ2) is 6.89. The van der Waals surface area contributed by atoms with Crippen LogP contribution in [0.25, 0.3) is 11.0 Å². The van der Waals surface area contributed by atoms with Gasteiger partial charge in [0.15, 0.2) is 5.76 Å². The molecule has 0 radical (unpaired) electrons. The summed E-state index contributed by atoms with van der Waals surface area (Å²) < 4.78 is 7.26. The molecular weight excluding hydrogens is 356 g/mol. The zero-order valence-electron chi connectivity index (χ0n) is 15.7. The van der Waals surface area contributed by atoms with Crippen molar-refractivity contribution >= 4 is 22.8 Å². The summed E-state index contributed by atoms with van der Waals surface area (Å²) in [6.07, 6.45) is 5.93. The van der Waals surface area contributed by atoms with Gasteiger partial charge in [0.05, 0.1) is 18.3 Å². The molecule has 1 N–H and O–H groups in total. The number of nitrogens with one attached hydrogen (secondary N) is 1. The minimum Gasteiger partial charge on any atom is -0.451 e. The Morgan fingerprint density at radius 1 is 1.36 bits per heavy atom. The van der Waals surface area contributed by atoms with Crippen molar-refractivity contribution in [2.45, 2.75) is 25.9 Å². The van der Waals surface area contributed by atoms with Gasteiger partial charge in [-0.15, -0.1) is 6.42 Å². The molecule has 1 aliphatic heterocycles. The van der Waals surface area contributed by atoms with Crippen molar-refractivity contribution in [2.75, 3.05) is 6.54 Å². The number of aryl methyl sites for hydroxylation is 1. The Balaban J connectivity index is 1.61. The molecule has 0 spiro atoms. The largest absolute Gasteiger partial charge is 0.451 e. The zero-order valence-corrected chi connectivity index (χ0v) is 15.7. The van der Waals surface area contributed by atoms with E-state index in [1.165, 1.54) is 0 Å². The second-order valence-electron chi connectivity index (χ2n) is 6.88. The van der Waals surface area contributed by atoms with E-state index in [4.69, 9.17) is 10.8 Å². The van der Waals surface area contributed by atoms with Crippen LogP contribution in [0.2, 0.25) is 0 Å². The quantitative estimate of drug-likeness (QED) is 0.710. The lowest BCUT2D eigenvalue weighted by atomic mass is 10.0. The molecule has 7 nitrogen and oxygen atoms in total. The van der Waals surface area contributed by atoms with E-state index in [2.05, 4.69) is 16.3 Å². The number of para-hydroxylation sites is 1. The van der Waals surface area contributed by atoms with Crippen LogP contribution in [0, 0.1) is 12.3 Å². The van der Waals surface area contributed by atoms with Gasteiger partial charge in [-0.2, -0.15) is 5.10 Å². The Labute approximate surface area is 162 Å². The molecule has 7 heteroatoms. The van der Waals surface area contributed by atoms with Crippen LogP contribution in [0.1, 0.15) is 39.2 Å². The number of carbonyl (C=O) groups is 2. The zero-order chi connectivity index (χ0) is 19.8. The van der Waals surface area contributed by atoms with E-state index in [-0.39, 0.29) is 11.8 Å². The van der Waals surface area contributed by atoms with E-state index in [1.807, 2.05) is 24.3 Å². The Bertz CT molecular complexity index is 1090. The summed E-state index contributed by atoms with van der Waals surface area (Å²) in [7, 11) is 1.72. The summed E-state index contributed by atoms with van der Waals surface area (Å²) in [5.41, 5.74) is 2.68. The van der Waals surface area contributed by atoms with Gasteiger partial charge in [-0.3, -0.25) is 14.3 Å². The van der Waals surface area contributed by atoms with Crippen molar-refractivity contribution < 1.29 is 14.0 Å². The Kier molecular flexibility index (Phi) is 4.40. The van der Waals surface area contributed by atoms with Crippen LogP contribution in [0.4, 0.5) is 0 Å². The molecule has 0 saturated heterocycles. The fraction of sp³-hybridized carbons (Fsp3) is 0.286. The summed E-state index contributed by atoms with van der Waals surface area (Å²) in [4.78, 5) is 27.3. The lowest BCUT2D eigenvalue weighted by Crippen LogP contribution is -2.38. The molecule has 0 fully saturated rings. The monoisotopic (exact) mass is 376 g/mol. The maximum absolute atomic E-state index is 13.0. The highest BCUT2D eigenvalue weighted by atomic mass is 16.3. The molecule has 0 bridgehead atoms. The van der Waals surface area contributed by atoms with Gasteiger partial charge in [0.25, 0.3) is 11.8 Å². The molecule has 28 heavy (non-hydrogen) atoms. The van der Waals surface area contributed by atoms with Crippen LogP contribution >= 0.6 is 0 Å². The van der Waals surface area contributed by atoms with Crippen LogP contribution in [0.3, 0.4) is 0 Å². The summed E-state index contributed by atoms with van der Waals surface area (Å²) in [6.45, 7) is 2.55. The molecule has 1 unspecified atom stereocenters. The Morgan fingerprint density at radius 2 is 2.14 bits per heavy atom. The van der Waals surface area contributed by atoms with E-state index >= 15 is 0 Å². The highest BCUT2D eigenvalue weighted by Gasteiger charge is 2.31. The molecule has 2 aromatic heterocycles. The molecule has 1 aliphatic rings. The predicted octanol–water partition coefficient (Wildman–Crippen LogP) is 2.12. The number of hydrogen-bond donors (Lipinski definition) is 1. The van der Waals surface area contributed by atoms with Crippen LogP contribution in [0.5, 0.6) is 0 Å². The SMILES string of the molecule is C#CC(C)NC(=O)c1c2c(nn1C)CCN(C(=O)c1cc3ccccc3o1)C2. The van der Waals surface area contributed by atoms with Crippen molar-refractivity contribution in [1.29, 1.82) is 0 Å². The first kappa shape index (κ1) is 17.9. The summed E-state index contributed by atoms with van der Waals surface area (Å²) in [6, 6.07) is 8.85. The summed E-state index contributed by atoms with van der Waals surface area (Å²) in [5.74, 6) is 2.28. The second-order valence-corrected chi connectivity index (χ2v) is 6.88. The molecule has 0 aliphatic carbocycles. The molecule has 142 valence electrons.